The summed E-state index contributed by atoms with van der Waals surface area (Å²) >= 11 is 0. The Morgan fingerprint density at radius 3 is 2.41 bits per heavy atom. The number of carbonyl (C=O) groups excluding carboxylic acids is 2. The predicted octanol–water partition coefficient (Wildman–Crippen LogP) is 2.48. The van der Waals surface area contributed by atoms with E-state index in [1.807, 2.05) is 31.2 Å². The lowest BCUT2D eigenvalue weighted by molar-refractivity contribution is -0.147. The number of nitrogens with one attached hydrogen (secondary N) is 1. The van der Waals surface area contributed by atoms with Gasteiger partial charge in [-0.3, -0.25) is 4.79 Å². The molecule has 0 aliphatic rings. The molecule has 0 aromatic heterocycles. The molecule has 0 fully saturated rings. The molecule has 0 aliphatic carbocycles. The molecule has 1 aromatic carbocycles. The fourth-order valence-electron chi connectivity index (χ4n) is 2.10. The lowest BCUT2D eigenvalue weighted by Gasteiger charge is -2.16. The van der Waals surface area contributed by atoms with E-state index < -0.39 is 6.04 Å². The molecule has 0 radical (unpaired) electrons. The number of hydrogen-bond acceptors (Lipinski definition) is 4. The normalized spacial score (nSPS) is 11.6. The van der Waals surface area contributed by atoms with E-state index in [2.05, 4.69) is 5.32 Å². The van der Waals surface area contributed by atoms with E-state index in [0.29, 0.717) is 25.9 Å². The van der Waals surface area contributed by atoms with Crippen LogP contribution in [0.4, 0.5) is 0 Å². The van der Waals surface area contributed by atoms with Crippen LogP contribution in [0.5, 0.6) is 5.75 Å². The van der Waals surface area contributed by atoms with Crippen molar-refractivity contribution in [3.63, 3.8) is 0 Å². The maximum Gasteiger partial charge on any atom is 0.328 e. The second-order valence-electron chi connectivity index (χ2n) is 5.01. The smallest absolute Gasteiger partial charge is 0.328 e. The molecule has 0 saturated carbocycles. The van der Waals surface area contributed by atoms with Gasteiger partial charge in [0, 0.05) is 6.42 Å². The predicted molar refractivity (Wildman–Crippen MR) is 84.8 cm³/mol. The zero-order valence-corrected chi connectivity index (χ0v) is 13.6. The number of esters is 1. The minimum atomic E-state index is -0.548. The first kappa shape index (κ1) is 18.0. The molecule has 5 nitrogen and oxygen atoms in total. The Hall–Kier alpha value is -2.04. The van der Waals surface area contributed by atoms with Crippen LogP contribution in [0.3, 0.4) is 0 Å². The summed E-state index contributed by atoms with van der Waals surface area (Å²) in [6.07, 6.45) is 2.36. The summed E-state index contributed by atoms with van der Waals surface area (Å²) < 4.78 is 10.1. The van der Waals surface area contributed by atoms with Crippen molar-refractivity contribution in [2.75, 3.05) is 13.7 Å². The van der Waals surface area contributed by atoms with Crippen LogP contribution in [0.15, 0.2) is 24.3 Å². The van der Waals surface area contributed by atoms with Gasteiger partial charge in [0.1, 0.15) is 11.8 Å². The molecule has 1 atom stereocenters. The number of methoxy groups -OCH3 is 1. The third-order valence-electron chi connectivity index (χ3n) is 3.28. The van der Waals surface area contributed by atoms with Gasteiger partial charge in [-0.1, -0.05) is 25.5 Å². The minimum Gasteiger partial charge on any atom is -0.497 e. The van der Waals surface area contributed by atoms with Crippen molar-refractivity contribution >= 4 is 11.9 Å². The number of benzene rings is 1. The molecule has 1 rings (SSSR count). The topological polar surface area (TPSA) is 64.6 Å². The van der Waals surface area contributed by atoms with E-state index in [0.717, 1.165) is 17.7 Å². The van der Waals surface area contributed by atoms with Gasteiger partial charge in [0.2, 0.25) is 5.91 Å². The van der Waals surface area contributed by atoms with E-state index in [4.69, 9.17) is 9.47 Å². The van der Waals surface area contributed by atoms with E-state index in [1.54, 1.807) is 14.0 Å². The molecule has 0 heterocycles. The molecule has 122 valence electrons. The van der Waals surface area contributed by atoms with Gasteiger partial charge in [-0.25, -0.2) is 4.79 Å². The monoisotopic (exact) mass is 307 g/mol. The zero-order valence-electron chi connectivity index (χ0n) is 13.6. The van der Waals surface area contributed by atoms with Crippen LogP contribution in [-0.4, -0.2) is 31.6 Å². The number of hydrogen-bond donors (Lipinski definition) is 1. The Labute approximate surface area is 132 Å². The van der Waals surface area contributed by atoms with Crippen molar-refractivity contribution in [1.29, 1.82) is 0 Å². The van der Waals surface area contributed by atoms with Crippen LogP contribution < -0.4 is 10.1 Å². The second kappa shape index (κ2) is 9.82. The molecule has 0 spiro atoms. The Morgan fingerprint density at radius 1 is 1.18 bits per heavy atom. The van der Waals surface area contributed by atoms with Crippen LogP contribution in [0, 0.1) is 0 Å². The molecule has 1 N–H and O–H groups in total. The average molecular weight is 307 g/mol. The molecule has 22 heavy (non-hydrogen) atoms. The Bertz CT molecular complexity index is 470. The van der Waals surface area contributed by atoms with Gasteiger partial charge >= 0.3 is 5.97 Å². The fraction of sp³-hybridized carbons (Fsp3) is 0.529. The van der Waals surface area contributed by atoms with Crippen molar-refractivity contribution in [3.8, 4) is 5.75 Å². The largest absolute Gasteiger partial charge is 0.497 e. The number of carbonyl (C=O) groups is 2. The highest BCUT2D eigenvalue weighted by Gasteiger charge is 2.20. The number of amides is 1. The van der Waals surface area contributed by atoms with Gasteiger partial charge in [-0.2, -0.15) is 0 Å². The molecule has 0 bridgehead atoms. The molecular weight excluding hydrogens is 282 g/mol. The summed E-state index contributed by atoms with van der Waals surface area (Å²) in [7, 11) is 1.62. The molecule has 0 aliphatic heterocycles. The molecule has 1 unspecified atom stereocenters. The summed E-state index contributed by atoms with van der Waals surface area (Å²) in [6.45, 7) is 4.04. The third kappa shape index (κ3) is 6.16. The lowest BCUT2D eigenvalue weighted by Crippen LogP contribution is -2.41. The van der Waals surface area contributed by atoms with Gasteiger partial charge in [0.15, 0.2) is 0 Å². The van der Waals surface area contributed by atoms with Gasteiger partial charge in [0.05, 0.1) is 13.7 Å². The highest BCUT2D eigenvalue weighted by Crippen LogP contribution is 2.12. The number of aryl methyl sites for hydroxylation is 1. The van der Waals surface area contributed by atoms with Gasteiger partial charge in [-0.15, -0.1) is 0 Å². The minimum absolute atomic E-state index is 0.137. The van der Waals surface area contributed by atoms with Gasteiger partial charge in [-0.05, 0) is 37.5 Å². The van der Waals surface area contributed by atoms with Crippen molar-refractivity contribution in [3.05, 3.63) is 29.8 Å². The van der Waals surface area contributed by atoms with Crippen LogP contribution in [0.25, 0.3) is 0 Å². The van der Waals surface area contributed by atoms with Crippen LogP contribution in [0.1, 0.15) is 38.7 Å². The first-order valence-electron chi connectivity index (χ1n) is 7.69. The quantitative estimate of drug-likeness (QED) is 0.712. The first-order chi connectivity index (χ1) is 10.6. The van der Waals surface area contributed by atoms with Crippen LogP contribution in [-0.2, 0) is 20.7 Å². The standard InChI is InChI=1S/C17H25NO4/c1-4-6-15(17(20)22-5-2)18-16(19)12-9-13-7-10-14(21-3)11-8-13/h7-8,10-11,15H,4-6,9,12H2,1-3H3,(H,18,19). The molecular formula is C17H25NO4. The Morgan fingerprint density at radius 2 is 1.86 bits per heavy atom. The average Bonchev–Trinajstić information content (AvgIpc) is 2.53. The molecule has 1 amide bonds. The fourth-order valence-corrected chi connectivity index (χ4v) is 2.10. The summed E-state index contributed by atoms with van der Waals surface area (Å²) in [5.74, 6) is 0.294. The molecule has 0 saturated heterocycles. The molecule has 1 aromatic rings. The Kier molecular flexibility index (Phi) is 8.04. The first-order valence-corrected chi connectivity index (χ1v) is 7.69. The SMILES string of the molecule is CCCC(NC(=O)CCc1ccc(OC)cc1)C(=O)OCC. The van der Waals surface area contributed by atoms with Gasteiger partial charge < -0.3 is 14.8 Å². The van der Waals surface area contributed by atoms with E-state index in [9.17, 15) is 9.59 Å². The van der Waals surface area contributed by atoms with E-state index >= 15 is 0 Å². The maximum atomic E-state index is 12.0. The summed E-state index contributed by atoms with van der Waals surface area (Å²) in [4.78, 5) is 23.8. The third-order valence-corrected chi connectivity index (χ3v) is 3.28. The van der Waals surface area contributed by atoms with Crippen molar-refractivity contribution < 1.29 is 19.1 Å². The lowest BCUT2D eigenvalue weighted by atomic mass is 10.1. The maximum absolute atomic E-state index is 12.0. The van der Waals surface area contributed by atoms with Crippen molar-refractivity contribution in [2.45, 2.75) is 45.6 Å². The number of rotatable bonds is 9. The van der Waals surface area contributed by atoms with Crippen molar-refractivity contribution in [2.24, 2.45) is 0 Å². The van der Waals surface area contributed by atoms with E-state index in [-0.39, 0.29) is 11.9 Å². The second-order valence-corrected chi connectivity index (χ2v) is 5.01. The van der Waals surface area contributed by atoms with E-state index in [1.165, 1.54) is 0 Å². The van der Waals surface area contributed by atoms with Crippen LogP contribution >= 0.6 is 0 Å². The highest BCUT2D eigenvalue weighted by molar-refractivity contribution is 5.84. The van der Waals surface area contributed by atoms with Crippen molar-refractivity contribution in [1.82, 2.24) is 5.32 Å². The summed E-state index contributed by atoms with van der Waals surface area (Å²) in [6, 6.07) is 7.05. The highest BCUT2D eigenvalue weighted by atomic mass is 16.5. The summed E-state index contributed by atoms with van der Waals surface area (Å²) in [5.41, 5.74) is 1.05. The molecule has 5 heteroatoms. The summed E-state index contributed by atoms with van der Waals surface area (Å²) in [5, 5.41) is 2.76. The zero-order chi connectivity index (χ0) is 16.4. The number of ether oxygens (including phenoxy) is 2. The van der Waals surface area contributed by atoms with Crippen LogP contribution in [0.2, 0.25) is 0 Å². The Balaban J connectivity index is 2.46. The van der Waals surface area contributed by atoms with Gasteiger partial charge in [0.25, 0.3) is 0 Å².